The van der Waals surface area contributed by atoms with Gasteiger partial charge in [0.15, 0.2) is 0 Å². The second-order valence-corrected chi connectivity index (χ2v) is 5.89. The van der Waals surface area contributed by atoms with Gasteiger partial charge in [-0.3, -0.25) is 9.59 Å². The minimum atomic E-state index is -1.03. The highest BCUT2D eigenvalue weighted by atomic mass is 16.4. The topological polar surface area (TPSA) is 86.7 Å². The molecule has 0 bridgehead atoms. The van der Waals surface area contributed by atoms with Gasteiger partial charge < -0.3 is 15.3 Å². The van der Waals surface area contributed by atoms with Crippen molar-refractivity contribution < 1.29 is 19.5 Å². The number of hydrogen-bond acceptors (Lipinski definition) is 3. The molecule has 1 aliphatic rings. The van der Waals surface area contributed by atoms with Gasteiger partial charge >= 0.3 is 5.97 Å². The first kappa shape index (κ1) is 17.5. The van der Waals surface area contributed by atoms with Crippen LogP contribution in [0.4, 0.5) is 0 Å². The van der Waals surface area contributed by atoms with Crippen LogP contribution in [-0.2, 0) is 14.4 Å². The molecular weight excluding hydrogens is 272 g/mol. The lowest BCUT2D eigenvalue weighted by molar-refractivity contribution is -0.147. The molecule has 0 saturated carbocycles. The molecule has 2 atom stereocenters. The molecule has 21 heavy (non-hydrogen) atoms. The van der Waals surface area contributed by atoms with Crippen LogP contribution in [0.15, 0.2) is 0 Å². The molecule has 0 aromatic rings. The zero-order chi connectivity index (χ0) is 16.0. The van der Waals surface area contributed by atoms with E-state index < -0.39 is 18.1 Å². The molecule has 1 heterocycles. The van der Waals surface area contributed by atoms with E-state index in [1.165, 1.54) is 0 Å². The molecule has 2 unspecified atom stereocenters. The van der Waals surface area contributed by atoms with E-state index in [0.717, 1.165) is 12.8 Å². The maximum Gasteiger partial charge on any atom is 0.326 e. The van der Waals surface area contributed by atoms with Crippen LogP contribution in [0, 0.1) is 5.92 Å². The van der Waals surface area contributed by atoms with Crippen molar-refractivity contribution in [3.8, 4) is 0 Å². The molecule has 1 aliphatic heterocycles. The van der Waals surface area contributed by atoms with E-state index in [2.05, 4.69) is 5.32 Å². The van der Waals surface area contributed by atoms with Gasteiger partial charge in [0.1, 0.15) is 12.1 Å². The maximum atomic E-state index is 12.4. The average Bonchev–Trinajstić information content (AvgIpc) is 2.45. The second-order valence-electron chi connectivity index (χ2n) is 5.89. The van der Waals surface area contributed by atoms with E-state index in [-0.39, 0.29) is 17.7 Å². The van der Waals surface area contributed by atoms with Crippen LogP contribution >= 0.6 is 0 Å². The number of carboxylic acids is 1. The van der Waals surface area contributed by atoms with Crippen LogP contribution in [0.2, 0.25) is 0 Å². The molecular formula is C15H26N2O4. The quantitative estimate of drug-likeness (QED) is 0.776. The van der Waals surface area contributed by atoms with Gasteiger partial charge in [-0.05, 0) is 25.7 Å². The predicted octanol–water partition coefficient (Wildman–Crippen LogP) is 1.39. The Balaban J connectivity index is 2.77. The Morgan fingerprint density at radius 1 is 1.29 bits per heavy atom. The van der Waals surface area contributed by atoms with Crippen molar-refractivity contribution in [3.05, 3.63) is 0 Å². The van der Waals surface area contributed by atoms with E-state index in [9.17, 15) is 14.4 Å². The van der Waals surface area contributed by atoms with Gasteiger partial charge in [-0.1, -0.05) is 27.2 Å². The first-order valence-electron chi connectivity index (χ1n) is 7.72. The summed E-state index contributed by atoms with van der Waals surface area (Å²) in [6.07, 6.45) is 3.44. The van der Waals surface area contributed by atoms with Gasteiger partial charge in [0, 0.05) is 12.5 Å². The van der Waals surface area contributed by atoms with E-state index in [1.807, 2.05) is 20.8 Å². The van der Waals surface area contributed by atoms with Crippen LogP contribution in [-0.4, -0.2) is 46.4 Å². The lowest BCUT2D eigenvalue weighted by Gasteiger charge is -2.36. The Labute approximate surface area is 125 Å². The van der Waals surface area contributed by atoms with Gasteiger partial charge in [-0.25, -0.2) is 4.79 Å². The van der Waals surface area contributed by atoms with E-state index in [0.29, 0.717) is 25.8 Å². The lowest BCUT2D eigenvalue weighted by atomic mass is 9.98. The summed E-state index contributed by atoms with van der Waals surface area (Å²) in [6.45, 7) is 6.06. The second kappa shape index (κ2) is 8.00. The van der Waals surface area contributed by atoms with Crippen LogP contribution in [0.3, 0.4) is 0 Å². The SMILES string of the molecule is CCCC(NC(=O)C1CCCCN1C(=O)C(C)C)C(=O)O. The van der Waals surface area contributed by atoms with Crippen molar-refractivity contribution in [3.63, 3.8) is 0 Å². The number of aliphatic carboxylic acids is 1. The number of nitrogens with zero attached hydrogens (tertiary/aromatic N) is 1. The summed E-state index contributed by atoms with van der Waals surface area (Å²) in [5.41, 5.74) is 0. The van der Waals surface area contributed by atoms with Gasteiger partial charge in [-0.15, -0.1) is 0 Å². The summed E-state index contributed by atoms with van der Waals surface area (Å²) in [4.78, 5) is 37.3. The van der Waals surface area contributed by atoms with Crippen LogP contribution in [0.25, 0.3) is 0 Å². The fourth-order valence-electron chi connectivity index (χ4n) is 2.61. The van der Waals surface area contributed by atoms with Crippen LogP contribution in [0.5, 0.6) is 0 Å². The number of piperidine rings is 1. The first-order valence-corrected chi connectivity index (χ1v) is 7.72. The Morgan fingerprint density at radius 3 is 2.48 bits per heavy atom. The number of nitrogens with one attached hydrogen (secondary N) is 1. The van der Waals surface area contributed by atoms with E-state index >= 15 is 0 Å². The number of amides is 2. The summed E-state index contributed by atoms with van der Waals surface area (Å²) in [5.74, 6) is -1.58. The molecule has 2 amide bonds. The van der Waals surface area contributed by atoms with Crippen molar-refractivity contribution in [2.45, 2.75) is 65.0 Å². The van der Waals surface area contributed by atoms with Crippen molar-refractivity contribution in [1.29, 1.82) is 0 Å². The zero-order valence-electron chi connectivity index (χ0n) is 13.1. The molecule has 0 aromatic heterocycles. The lowest BCUT2D eigenvalue weighted by Crippen LogP contribution is -2.55. The molecule has 1 rings (SSSR count). The third-order valence-corrected chi connectivity index (χ3v) is 3.77. The predicted molar refractivity (Wildman–Crippen MR) is 78.7 cm³/mol. The van der Waals surface area contributed by atoms with Crippen LogP contribution in [0.1, 0.15) is 52.9 Å². The molecule has 6 heteroatoms. The van der Waals surface area contributed by atoms with E-state index in [4.69, 9.17) is 5.11 Å². The normalized spacial score (nSPS) is 20.2. The monoisotopic (exact) mass is 298 g/mol. The molecule has 1 saturated heterocycles. The highest BCUT2D eigenvalue weighted by molar-refractivity contribution is 5.91. The van der Waals surface area contributed by atoms with Gasteiger partial charge in [0.05, 0.1) is 0 Å². The number of carbonyl (C=O) groups is 3. The third-order valence-electron chi connectivity index (χ3n) is 3.77. The highest BCUT2D eigenvalue weighted by Crippen LogP contribution is 2.20. The van der Waals surface area contributed by atoms with Crippen molar-refractivity contribution >= 4 is 17.8 Å². The van der Waals surface area contributed by atoms with E-state index in [1.54, 1.807) is 4.90 Å². The van der Waals surface area contributed by atoms with Gasteiger partial charge in [-0.2, -0.15) is 0 Å². The smallest absolute Gasteiger partial charge is 0.326 e. The maximum absolute atomic E-state index is 12.4. The minimum absolute atomic E-state index is 0.0442. The summed E-state index contributed by atoms with van der Waals surface area (Å²) < 4.78 is 0. The molecule has 2 N–H and O–H groups in total. The van der Waals surface area contributed by atoms with Gasteiger partial charge in [0.2, 0.25) is 11.8 Å². The Kier molecular flexibility index (Phi) is 6.65. The standard InChI is InChI=1S/C15H26N2O4/c1-4-7-11(15(20)21)16-13(18)12-8-5-6-9-17(12)14(19)10(2)3/h10-12H,4-9H2,1-3H3,(H,16,18)(H,20,21). The molecule has 0 radical (unpaired) electrons. The summed E-state index contributed by atoms with van der Waals surface area (Å²) >= 11 is 0. The average molecular weight is 298 g/mol. The fourth-order valence-corrected chi connectivity index (χ4v) is 2.61. The van der Waals surface area contributed by atoms with Crippen LogP contribution < -0.4 is 5.32 Å². The first-order chi connectivity index (χ1) is 9.88. The zero-order valence-corrected chi connectivity index (χ0v) is 13.1. The molecule has 0 aromatic carbocycles. The fraction of sp³-hybridized carbons (Fsp3) is 0.800. The van der Waals surface area contributed by atoms with Crippen molar-refractivity contribution in [1.82, 2.24) is 10.2 Å². The third kappa shape index (κ3) is 4.72. The molecule has 0 spiro atoms. The summed E-state index contributed by atoms with van der Waals surface area (Å²) in [6, 6.07) is -1.41. The number of hydrogen-bond donors (Lipinski definition) is 2. The Bertz CT molecular complexity index is 395. The summed E-state index contributed by atoms with van der Waals surface area (Å²) in [7, 11) is 0. The number of likely N-dealkylation sites (tertiary alicyclic amines) is 1. The molecule has 0 aliphatic carbocycles. The number of carboxylic acid groups (broad SMARTS) is 1. The highest BCUT2D eigenvalue weighted by Gasteiger charge is 2.34. The number of rotatable bonds is 6. The molecule has 6 nitrogen and oxygen atoms in total. The number of carbonyl (C=O) groups excluding carboxylic acids is 2. The van der Waals surface area contributed by atoms with Gasteiger partial charge in [0.25, 0.3) is 0 Å². The Morgan fingerprint density at radius 2 is 1.95 bits per heavy atom. The molecule has 1 fully saturated rings. The Hall–Kier alpha value is -1.59. The van der Waals surface area contributed by atoms with Crippen molar-refractivity contribution in [2.24, 2.45) is 5.92 Å². The largest absolute Gasteiger partial charge is 0.480 e. The summed E-state index contributed by atoms with van der Waals surface area (Å²) in [5, 5.41) is 11.7. The molecule has 120 valence electrons. The van der Waals surface area contributed by atoms with Crippen molar-refractivity contribution in [2.75, 3.05) is 6.54 Å². The minimum Gasteiger partial charge on any atom is -0.480 e.